The Morgan fingerprint density at radius 1 is 1.19 bits per heavy atom. The molecule has 0 radical (unpaired) electrons. The summed E-state index contributed by atoms with van der Waals surface area (Å²) in [6.45, 7) is 1.51. The molecule has 142 valence electrons. The van der Waals surface area contributed by atoms with Crippen molar-refractivity contribution in [3.05, 3.63) is 40.8 Å². The maximum Gasteiger partial charge on any atom is 0.407 e. The van der Waals surface area contributed by atoms with E-state index in [0.717, 1.165) is 18.2 Å². The molecule has 1 N–H and O–H groups in total. The van der Waals surface area contributed by atoms with Gasteiger partial charge in [0.1, 0.15) is 16.9 Å². The minimum atomic E-state index is -0.497. The Kier molecular flexibility index (Phi) is 4.47. The minimum absolute atomic E-state index is 0.104. The summed E-state index contributed by atoms with van der Waals surface area (Å²) in [5, 5.41) is 3.48. The van der Waals surface area contributed by atoms with Crippen LogP contribution in [0.3, 0.4) is 0 Å². The van der Waals surface area contributed by atoms with Crippen molar-refractivity contribution in [2.24, 2.45) is 0 Å². The number of likely N-dealkylation sites (tertiary alicyclic amines) is 1. The normalized spacial score (nSPS) is 22.4. The van der Waals surface area contributed by atoms with Gasteiger partial charge in [0.2, 0.25) is 0 Å². The number of nitrogens with zero attached hydrogens (tertiary/aromatic N) is 1. The molecule has 1 aromatic heterocycles. The lowest BCUT2D eigenvalue weighted by Gasteiger charge is -2.25. The number of amides is 2. The van der Waals surface area contributed by atoms with E-state index >= 15 is 0 Å². The summed E-state index contributed by atoms with van der Waals surface area (Å²) in [6, 6.07) is 8.14. The molecule has 3 heterocycles. The van der Waals surface area contributed by atoms with Gasteiger partial charge in [0, 0.05) is 37.0 Å². The van der Waals surface area contributed by atoms with E-state index in [9.17, 15) is 14.4 Å². The van der Waals surface area contributed by atoms with Crippen LogP contribution in [0.1, 0.15) is 19.3 Å². The Labute approximate surface area is 155 Å². The van der Waals surface area contributed by atoms with Gasteiger partial charge in [0.05, 0.1) is 6.54 Å². The van der Waals surface area contributed by atoms with Crippen LogP contribution in [0.5, 0.6) is 5.75 Å². The zero-order valence-corrected chi connectivity index (χ0v) is 14.7. The van der Waals surface area contributed by atoms with Gasteiger partial charge in [-0.1, -0.05) is 0 Å². The summed E-state index contributed by atoms with van der Waals surface area (Å²) in [5.41, 5.74) is -0.515. The predicted molar refractivity (Wildman–Crippen MR) is 95.6 cm³/mol. The summed E-state index contributed by atoms with van der Waals surface area (Å²) in [5.74, 6) is 0.337. The van der Waals surface area contributed by atoms with Gasteiger partial charge in [-0.25, -0.2) is 9.59 Å². The number of ether oxygens (including phenoxy) is 2. The summed E-state index contributed by atoms with van der Waals surface area (Å²) in [4.78, 5) is 36.9. The number of fused-ring (bicyclic) bond motifs is 1. The molecule has 2 aromatic rings. The number of carbonyl (C=O) groups excluding carboxylic acids is 2. The van der Waals surface area contributed by atoms with Crippen LogP contribution in [0.15, 0.2) is 39.5 Å². The first-order valence-electron chi connectivity index (χ1n) is 8.94. The molecule has 1 unspecified atom stereocenters. The first kappa shape index (κ1) is 17.4. The molecule has 2 amide bonds. The smallest absolute Gasteiger partial charge is 0.407 e. The van der Waals surface area contributed by atoms with Crippen LogP contribution in [0.25, 0.3) is 11.0 Å². The van der Waals surface area contributed by atoms with Gasteiger partial charge in [-0.2, -0.15) is 0 Å². The molecule has 0 aliphatic carbocycles. The van der Waals surface area contributed by atoms with Gasteiger partial charge in [-0.15, -0.1) is 0 Å². The zero-order chi connectivity index (χ0) is 18.9. The Balaban J connectivity index is 1.36. The van der Waals surface area contributed by atoms with Crippen molar-refractivity contribution >= 4 is 23.0 Å². The van der Waals surface area contributed by atoms with Gasteiger partial charge in [-0.05, 0) is 31.0 Å². The molecule has 1 spiro atoms. The maximum atomic E-state index is 12.5. The number of benzene rings is 1. The van der Waals surface area contributed by atoms with E-state index in [1.54, 1.807) is 29.2 Å². The molecule has 8 heteroatoms. The van der Waals surface area contributed by atoms with Gasteiger partial charge in [-0.3, -0.25) is 4.79 Å². The molecule has 2 saturated heterocycles. The lowest BCUT2D eigenvalue weighted by Crippen LogP contribution is -2.38. The van der Waals surface area contributed by atoms with Crippen molar-refractivity contribution in [2.45, 2.75) is 24.9 Å². The van der Waals surface area contributed by atoms with E-state index in [2.05, 4.69) is 5.32 Å². The van der Waals surface area contributed by atoms with Gasteiger partial charge in [0.15, 0.2) is 6.61 Å². The minimum Gasteiger partial charge on any atom is -0.484 e. The highest BCUT2D eigenvalue weighted by Crippen LogP contribution is 2.29. The molecule has 2 aliphatic heterocycles. The lowest BCUT2D eigenvalue weighted by atomic mass is 9.95. The first-order valence-corrected chi connectivity index (χ1v) is 8.94. The lowest BCUT2D eigenvalue weighted by molar-refractivity contribution is -0.133. The fourth-order valence-electron chi connectivity index (χ4n) is 3.57. The number of hydrogen-bond acceptors (Lipinski definition) is 6. The fraction of sp³-hybridized carbons (Fsp3) is 0.421. The van der Waals surface area contributed by atoms with E-state index < -0.39 is 11.2 Å². The molecule has 4 rings (SSSR count). The Morgan fingerprint density at radius 3 is 2.85 bits per heavy atom. The van der Waals surface area contributed by atoms with Crippen LogP contribution in [0.4, 0.5) is 4.79 Å². The summed E-state index contributed by atoms with van der Waals surface area (Å²) in [6.07, 6.45) is 1.72. The van der Waals surface area contributed by atoms with Crippen molar-refractivity contribution in [3.8, 4) is 5.75 Å². The highest BCUT2D eigenvalue weighted by atomic mass is 16.6. The average Bonchev–Trinajstić information content (AvgIpc) is 2.89. The predicted octanol–water partition coefficient (Wildman–Crippen LogP) is 1.66. The Bertz CT molecular complexity index is 939. The third-order valence-corrected chi connectivity index (χ3v) is 5.07. The Morgan fingerprint density at radius 2 is 2.04 bits per heavy atom. The topological polar surface area (TPSA) is 98.1 Å². The second-order valence-electron chi connectivity index (χ2n) is 6.90. The number of carbonyl (C=O) groups is 2. The summed E-state index contributed by atoms with van der Waals surface area (Å²) in [7, 11) is 0. The van der Waals surface area contributed by atoms with Crippen LogP contribution in [0, 0.1) is 0 Å². The highest BCUT2D eigenvalue weighted by Gasteiger charge is 2.41. The van der Waals surface area contributed by atoms with E-state index in [0.29, 0.717) is 37.4 Å². The Hall–Kier alpha value is -3.03. The highest BCUT2D eigenvalue weighted by molar-refractivity contribution is 5.79. The van der Waals surface area contributed by atoms with Crippen molar-refractivity contribution in [3.63, 3.8) is 0 Å². The quantitative estimate of drug-likeness (QED) is 0.823. The molecule has 1 aromatic carbocycles. The van der Waals surface area contributed by atoms with E-state index in [1.165, 1.54) is 6.07 Å². The van der Waals surface area contributed by atoms with Crippen LogP contribution in [-0.4, -0.2) is 48.7 Å². The van der Waals surface area contributed by atoms with Crippen molar-refractivity contribution in [2.75, 3.05) is 26.2 Å². The van der Waals surface area contributed by atoms with Crippen LogP contribution in [-0.2, 0) is 9.53 Å². The third kappa shape index (κ3) is 3.74. The van der Waals surface area contributed by atoms with Crippen molar-refractivity contribution in [1.82, 2.24) is 10.2 Å². The van der Waals surface area contributed by atoms with Gasteiger partial charge in [0.25, 0.3) is 5.91 Å². The summed E-state index contributed by atoms with van der Waals surface area (Å²) >= 11 is 0. The van der Waals surface area contributed by atoms with Crippen LogP contribution < -0.4 is 15.7 Å². The molecule has 0 bridgehead atoms. The standard InChI is InChI=1S/C19H20N2O6/c22-16(21-8-1-6-19(7-9-21)12-20-18(24)27-19)11-25-14-4-2-13-3-5-17(23)26-15(13)10-14/h2-5,10H,1,6-9,11-12H2,(H,20,24). The van der Waals surface area contributed by atoms with Gasteiger partial charge >= 0.3 is 11.7 Å². The third-order valence-electron chi connectivity index (χ3n) is 5.07. The van der Waals surface area contributed by atoms with E-state index in [-0.39, 0.29) is 18.6 Å². The number of nitrogens with one attached hydrogen (secondary N) is 1. The molecule has 8 nitrogen and oxygen atoms in total. The molecular formula is C19H20N2O6. The monoisotopic (exact) mass is 372 g/mol. The zero-order valence-electron chi connectivity index (χ0n) is 14.7. The van der Waals surface area contributed by atoms with E-state index in [4.69, 9.17) is 13.9 Å². The van der Waals surface area contributed by atoms with Crippen LogP contribution >= 0.6 is 0 Å². The number of rotatable bonds is 3. The number of alkyl carbamates (subject to hydrolysis) is 1. The summed E-state index contributed by atoms with van der Waals surface area (Å²) < 4.78 is 16.1. The maximum absolute atomic E-state index is 12.5. The molecule has 0 saturated carbocycles. The molecule has 2 aliphatic rings. The SMILES string of the molecule is O=C1NCC2(CCCN(C(=O)COc3ccc4ccc(=O)oc4c3)CC2)O1. The van der Waals surface area contributed by atoms with E-state index in [1.807, 2.05) is 0 Å². The fourth-order valence-corrected chi connectivity index (χ4v) is 3.57. The van der Waals surface area contributed by atoms with Gasteiger partial charge < -0.3 is 24.1 Å². The second-order valence-corrected chi connectivity index (χ2v) is 6.90. The first-order chi connectivity index (χ1) is 13.0. The van der Waals surface area contributed by atoms with Crippen molar-refractivity contribution < 1.29 is 23.5 Å². The largest absolute Gasteiger partial charge is 0.484 e. The number of hydrogen-bond donors (Lipinski definition) is 1. The average molecular weight is 372 g/mol. The van der Waals surface area contributed by atoms with Crippen molar-refractivity contribution in [1.29, 1.82) is 0 Å². The molecule has 27 heavy (non-hydrogen) atoms. The molecule has 1 atom stereocenters. The molecule has 2 fully saturated rings. The molecular weight excluding hydrogens is 352 g/mol. The van der Waals surface area contributed by atoms with Crippen LogP contribution in [0.2, 0.25) is 0 Å². The second kappa shape index (κ2) is 6.94.